The maximum atomic E-state index is 12.0. The van der Waals surface area contributed by atoms with Gasteiger partial charge in [0.15, 0.2) is 11.4 Å². The number of carboxylic acid groups (broad SMARTS) is 1. The SMILES string of the molecule is CC(C)(C)C1CC(Cn2cnc([C@](O)(c3ccccc3)C3CCCCC3)n2)CCN1C(=O)O. The largest absolute Gasteiger partial charge is 0.465 e. The Morgan fingerprint density at radius 1 is 1.09 bits per heavy atom. The van der Waals surface area contributed by atoms with E-state index in [1.807, 2.05) is 35.0 Å². The zero-order valence-electron chi connectivity index (χ0n) is 20.2. The van der Waals surface area contributed by atoms with Crippen molar-refractivity contribution >= 4 is 6.09 Å². The minimum atomic E-state index is -1.19. The number of carbonyl (C=O) groups is 1. The molecule has 0 spiro atoms. The summed E-state index contributed by atoms with van der Waals surface area (Å²) in [6.07, 6.45) is 7.91. The Labute approximate surface area is 196 Å². The standard InChI is InChI=1S/C26H38N4O3/c1-25(2,3)22-16-19(14-15-30(22)24(31)32)17-29-18-27-23(28-29)26(33,20-10-6-4-7-11-20)21-12-8-5-9-13-21/h4,6-7,10-11,18-19,21-22,33H,5,8-9,12-17H2,1-3H3,(H,31,32)/t19?,22?,26-/m0/s1. The van der Waals surface area contributed by atoms with E-state index in [9.17, 15) is 15.0 Å². The summed E-state index contributed by atoms with van der Waals surface area (Å²) < 4.78 is 1.85. The van der Waals surface area contributed by atoms with Crippen molar-refractivity contribution in [3.05, 3.63) is 48.0 Å². The Morgan fingerprint density at radius 2 is 1.79 bits per heavy atom. The number of hydrogen-bond acceptors (Lipinski definition) is 4. The monoisotopic (exact) mass is 454 g/mol. The molecule has 1 aliphatic carbocycles. The fraction of sp³-hybridized carbons (Fsp3) is 0.654. The molecule has 1 saturated heterocycles. The van der Waals surface area contributed by atoms with Crippen LogP contribution in [0.4, 0.5) is 4.79 Å². The maximum absolute atomic E-state index is 12.0. The van der Waals surface area contributed by atoms with Crippen molar-refractivity contribution in [2.75, 3.05) is 6.54 Å². The van der Waals surface area contributed by atoms with Crippen LogP contribution in [0.5, 0.6) is 0 Å². The summed E-state index contributed by atoms with van der Waals surface area (Å²) in [5.74, 6) is 0.906. The van der Waals surface area contributed by atoms with Crippen molar-refractivity contribution < 1.29 is 15.0 Å². The second kappa shape index (κ2) is 9.45. The van der Waals surface area contributed by atoms with Gasteiger partial charge in [-0.3, -0.25) is 4.68 Å². The lowest BCUT2D eigenvalue weighted by atomic mass is 9.73. The first kappa shape index (κ1) is 23.7. The molecule has 33 heavy (non-hydrogen) atoms. The number of aromatic nitrogens is 3. The Hall–Kier alpha value is -2.41. The molecule has 1 aromatic carbocycles. The van der Waals surface area contributed by atoms with Crippen LogP contribution in [0.1, 0.15) is 77.1 Å². The van der Waals surface area contributed by atoms with Crippen LogP contribution in [0.3, 0.4) is 0 Å². The first-order chi connectivity index (χ1) is 15.7. The number of aliphatic hydroxyl groups is 1. The van der Waals surface area contributed by atoms with Crippen molar-refractivity contribution in [2.45, 2.75) is 83.9 Å². The van der Waals surface area contributed by atoms with Gasteiger partial charge in [0.1, 0.15) is 6.33 Å². The van der Waals surface area contributed by atoms with Crippen LogP contribution in [0.15, 0.2) is 36.7 Å². The Morgan fingerprint density at radius 3 is 2.42 bits per heavy atom. The van der Waals surface area contributed by atoms with E-state index in [1.165, 1.54) is 6.42 Å². The summed E-state index contributed by atoms with van der Waals surface area (Å²) in [6, 6.07) is 9.81. The molecule has 0 bridgehead atoms. The molecule has 2 N–H and O–H groups in total. The van der Waals surface area contributed by atoms with E-state index in [-0.39, 0.29) is 17.4 Å². The van der Waals surface area contributed by atoms with Crippen molar-refractivity contribution in [2.24, 2.45) is 17.3 Å². The Kier molecular flexibility index (Phi) is 6.80. The highest BCUT2D eigenvalue weighted by Crippen LogP contribution is 2.43. The highest BCUT2D eigenvalue weighted by molar-refractivity contribution is 5.65. The average molecular weight is 455 g/mol. The van der Waals surface area contributed by atoms with Crippen molar-refractivity contribution in [1.29, 1.82) is 0 Å². The third kappa shape index (κ3) is 4.93. The van der Waals surface area contributed by atoms with E-state index in [0.717, 1.165) is 44.1 Å². The van der Waals surface area contributed by atoms with E-state index in [0.29, 0.717) is 24.8 Å². The van der Waals surface area contributed by atoms with Gasteiger partial charge in [-0.1, -0.05) is 70.4 Å². The molecule has 1 saturated carbocycles. The smallest absolute Gasteiger partial charge is 0.407 e. The summed E-state index contributed by atoms with van der Waals surface area (Å²) in [5, 5.41) is 26.5. The number of hydrogen-bond donors (Lipinski definition) is 2. The summed E-state index contributed by atoms with van der Waals surface area (Å²) in [4.78, 5) is 18.0. The molecular weight excluding hydrogens is 416 g/mol. The van der Waals surface area contributed by atoms with Gasteiger partial charge in [0.05, 0.1) is 0 Å². The topological polar surface area (TPSA) is 91.5 Å². The molecule has 2 aliphatic rings. The zero-order chi connectivity index (χ0) is 23.6. The quantitative estimate of drug-likeness (QED) is 0.670. The lowest BCUT2D eigenvalue weighted by Crippen LogP contribution is -2.52. The number of nitrogens with zero attached hydrogens (tertiary/aromatic N) is 4. The number of likely N-dealkylation sites (tertiary alicyclic amines) is 1. The van der Waals surface area contributed by atoms with E-state index in [1.54, 1.807) is 11.2 Å². The highest BCUT2D eigenvalue weighted by atomic mass is 16.4. The molecule has 2 fully saturated rings. The predicted octanol–water partition coefficient (Wildman–Crippen LogP) is 4.90. The zero-order valence-corrected chi connectivity index (χ0v) is 20.2. The normalized spacial score (nSPS) is 24.4. The van der Waals surface area contributed by atoms with E-state index < -0.39 is 11.7 Å². The summed E-state index contributed by atoms with van der Waals surface area (Å²) in [6.45, 7) is 7.54. The molecule has 2 unspecified atom stereocenters. The molecule has 2 aromatic rings. The van der Waals surface area contributed by atoms with Crippen LogP contribution in [-0.4, -0.2) is 48.6 Å². The van der Waals surface area contributed by atoms with Crippen LogP contribution in [0.25, 0.3) is 0 Å². The van der Waals surface area contributed by atoms with Gasteiger partial charge in [0.2, 0.25) is 0 Å². The lowest BCUT2D eigenvalue weighted by Gasteiger charge is -2.44. The molecule has 180 valence electrons. The predicted molar refractivity (Wildman–Crippen MR) is 127 cm³/mol. The third-order valence-corrected chi connectivity index (χ3v) is 7.69. The van der Waals surface area contributed by atoms with Gasteiger partial charge >= 0.3 is 6.09 Å². The van der Waals surface area contributed by atoms with Gasteiger partial charge in [-0.05, 0) is 48.5 Å². The maximum Gasteiger partial charge on any atom is 0.407 e. The lowest BCUT2D eigenvalue weighted by molar-refractivity contribution is -0.00879. The second-order valence-electron chi connectivity index (χ2n) is 11.0. The van der Waals surface area contributed by atoms with Crippen molar-refractivity contribution in [3.63, 3.8) is 0 Å². The van der Waals surface area contributed by atoms with Gasteiger partial charge in [-0.15, -0.1) is 0 Å². The molecule has 1 amide bonds. The number of benzene rings is 1. The third-order valence-electron chi connectivity index (χ3n) is 7.69. The summed E-state index contributed by atoms with van der Waals surface area (Å²) >= 11 is 0. The fourth-order valence-electron chi connectivity index (χ4n) is 5.84. The first-order valence-corrected chi connectivity index (χ1v) is 12.4. The molecule has 1 aromatic heterocycles. The Balaban J connectivity index is 1.55. The molecule has 7 heteroatoms. The number of amides is 1. The van der Waals surface area contributed by atoms with Crippen molar-refractivity contribution in [1.82, 2.24) is 19.7 Å². The Bertz CT molecular complexity index is 933. The molecule has 0 radical (unpaired) electrons. The van der Waals surface area contributed by atoms with Gasteiger partial charge in [-0.25, -0.2) is 9.78 Å². The average Bonchev–Trinajstić information content (AvgIpc) is 3.28. The molecule has 2 heterocycles. The molecule has 7 nitrogen and oxygen atoms in total. The molecular formula is C26H38N4O3. The van der Waals surface area contributed by atoms with E-state index >= 15 is 0 Å². The second-order valence-corrected chi connectivity index (χ2v) is 11.0. The first-order valence-electron chi connectivity index (χ1n) is 12.4. The minimum absolute atomic E-state index is 0.0276. The van der Waals surface area contributed by atoms with Gasteiger partial charge in [-0.2, -0.15) is 5.10 Å². The number of piperidine rings is 1. The minimum Gasteiger partial charge on any atom is -0.465 e. The van der Waals surface area contributed by atoms with Crippen LogP contribution in [-0.2, 0) is 12.1 Å². The van der Waals surface area contributed by atoms with Crippen LogP contribution in [0.2, 0.25) is 0 Å². The van der Waals surface area contributed by atoms with E-state index in [4.69, 9.17) is 5.10 Å². The van der Waals surface area contributed by atoms with Crippen LogP contribution in [0, 0.1) is 17.3 Å². The van der Waals surface area contributed by atoms with Crippen molar-refractivity contribution in [3.8, 4) is 0 Å². The van der Waals surface area contributed by atoms with E-state index in [2.05, 4.69) is 25.8 Å². The van der Waals surface area contributed by atoms with Gasteiger partial charge in [0.25, 0.3) is 0 Å². The van der Waals surface area contributed by atoms with Gasteiger partial charge < -0.3 is 15.1 Å². The van der Waals surface area contributed by atoms with Crippen LogP contribution < -0.4 is 0 Å². The van der Waals surface area contributed by atoms with Gasteiger partial charge in [0, 0.05) is 19.1 Å². The highest BCUT2D eigenvalue weighted by Gasteiger charge is 2.44. The fourth-order valence-corrected chi connectivity index (χ4v) is 5.84. The van der Waals surface area contributed by atoms with Crippen LogP contribution >= 0.6 is 0 Å². The molecule has 3 atom stereocenters. The molecule has 4 rings (SSSR count). The summed E-state index contributed by atoms with van der Waals surface area (Å²) in [5.41, 5.74) is -0.454. The molecule has 1 aliphatic heterocycles. The summed E-state index contributed by atoms with van der Waals surface area (Å²) in [7, 11) is 0. The number of rotatable bonds is 5.